The zero-order valence-electron chi connectivity index (χ0n) is 21.3. The molecule has 0 spiro atoms. The largest absolute Gasteiger partial charge is 0.511 e. The highest BCUT2D eigenvalue weighted by molar-refractivity contribution is 6.25. The number of carbonyl (C=O) groups excluding carboxylic acids is 2. The lowest BCUT2D eigenvalue weighted by Crippen LogP contribution is -2.48. The van der Waals surface area contributed by atoms with Crippen molar-refractivity contribution >= 4 is 11.7 Å². The lowest BCUT2D eigenvalue weighted by atomic mass is 9.51. The summed E-state index contributed by atoms with van der Waals surface area (Å²) >= 11 is 0. The highest BCUT2D eigenvalue weighted by atomic mass is 16.7. The molecule has 2 heterocycles. The van der Waals surface area contributed by atoms with Crippen LogP contribution in [-0.2, 0) is 19.1 Å². The molecule has 9 atom stereocenters. The molecule has 1 saturated carbocycles. The van der Waals surface area contributed by atoms with Crippen LogP contribution in [0.2, 0.25) is 0 Å². The standard InChI is InChI=1S/C27H42N2O5/c1-14-6-7-19-18(10-14)11-15(2)20(12-16(3)33-23-9-8-21(28)17(4)34-23)27(19,5)25(31)24-22(30)13-29-26(24)32/h11,14,16-21,23,31H,6-10,12-13,28H2,1-5H3,(H,29,32)/t14?,16?,17?,18?,19?,20?,21-,23+,27?/m0/s1. The van der Waals surface area contributed by atoms with E-state index in [0.29, 0.717) is 18.3 Å². The third-order valence-corrected chi connectivity index (χ3v) is 9.00. The normalized spacial score (nSPS) is 43.1. The van der Waals surface area contributed by atoms with Gasteiger partial charge in [0.2, 0.25) is 0 Å². The zero-order valence-corrected chi connectivity index (χ0v) is 21.3. The number of rotatable bonds is 5. The third kappa shape index (κ3) is 4.59. The number of nitrogens with two attached hydrogens (primary N) is 1. The Morgan fingerprint density at radius 2 is 2.03 bits per heavy atom. The minimum absolute atomic E-state index is 0.0322. The summed E-state index contributed by atoms with van der Waals surface area (Å²) < 4.78 is 12.3. The van der Waals surface area contributed by atoms with Crippen molar-refractivity contribution < 1.29 is 24.2 Å². The fraction of sp³-hybridized carbons (Fsp3) is 0.778. The predicted molar refractivity (Wildman–Crippen MR) is 130 cm³/mol. The molecule has 0 bridgehead atoms. The first-order valence-corrected chi connectivity index (χ1v) is 13.0. The van der Waals surface area contributed by atoms with Crippen LogP contribution in [-0.4, -0.2) is 47.9 Å². The summed E-state index contributed by atoms with van der Waals surface area (Å²) in [4.78, 5) is 25.1. The maximum absolute atomic E-state index is 12.6. The van der Waals surface area contributed by atoms with E-state index in [2.05, 4.69) is 32.2 Å². The first-order chi connectivity index (χ1) is 16.0. The van der Waals surface area contributed by atoms with Gasteiger partial charge in [-0.25, -0.2) is 0 Å². The number of amides is 1. The van der Waals surface area contributed by atoms with Crippen molar-refractivity contribution in [2.24, 2.45) is 34.8 Å². The Labute approximate surface area is 203 Å². The Kier molecular flexibility index (Phi) is 7.28. The smallest absolute Gasteiger partial charge is 0.258 e. The topological polar surface area (TPSA) is 111 Å². The Balaban J connectivity index is 1.64. The number of Topliss-reactive ketones (excluding diaryl/α,β-unsaturated/α-hetero) is 1. The summed E-state index contributed by atoms with van der Waals surface area (Å²) in [6.45, 7) is 10.4. The number of aliphatic hydroxyl groups is 1. The van der Waals surface area contributed by atoms with Crippen molar-refractivity contribution in [2.75, 3.05) is 6.54 Å². The van der Waals surface area contributed by atoms with Crippen molar-refractivity contribution in [3.05, 3.63) is 23.0 Å². The van der Waals surface area contributed by atoms with Gasteiger partial charge in [-0.05, 0) is 76.5 Å². The number of ketones is 1. The molecule has 0 aromatic rings. The van der Waals surface area contributed by atoms with Gasteiger partial charge in [0.15, 0.2) is 12.1 Å². The first-order valence-electron chi connectivity index (χ1n) is 13.0. The summed E-state index contributed by atoms with van der Waals surface area (Å²) in [6, 6.07) is 0.0336. The lowest BCUT2D eigenvalue weighted by molar-refractivity contribution is -0.215. The van der Waals surface area contributed by atoms with Crippen LogP contribution < -0.4 is 11.1 Å². The molecule has 2 aliphatic carbocycles. The zero-order chi connectivity index (χ0) is 24.8. The molecule has 7 nitrogen and oxygen atoms in total. The summed E-state index contributed by atoms with van der Waals surface area (Å²) in [5.74, 6) is 0.261. The summed E-state index contributed by atoms with van der Waals surface area (Å²) in [6.07, 6.45) is 7.34. The molecule has 4 rings (SSSR count). The minimum atomic E-state index is -0.711. The van der Waals surface area contributed by atoms with Gasteiger partial charge in [-0.3, -0.25) is 9.59 Å². The highest BCUT2D eigenvalue weighted by Gasteiger charge is 2.54. The molecular formula is C27H42N2O5. The third-order valence-electron chi connectivity index (χ3n) is 9.00. The molecule has 2 saturated heterocycles. The van der Waals surface area contributed by atoms with E-state index in [1.54, 1.807) is 0 Å². The average Bonchev–Trinajstić information content (AvgIpc) is 3.10. The van der Waals surface area contributed by atoms with Crippen LogP contribution in [0.15, 0.2) is 23.0 Å². The monoisotopic (exact) mass is 474 g/mol. The number of nitrogens with one attached hydrogen (secondary N) is 1. The van der Waals surface area contributed by atoms with Gasteiger partial charge in [-0.15, -0.1) is 0 Å². The molecule has 7 unspecified atom stereocenters. The van der Waals surface area contributed by atoms with Crippen molar-refractivity contribution in [3.8, 4) is 0 Å². The van der Waals surface area contributed by atoms with Crippen molar-refractivity contribution in [1.82, 2.24) is 5.32 Å². The Morgan fingerprint density at radius 1 is 1.29 bits per heavy atom. The van der Waals surface area contributed by atoms with Gasteiger partial charge in [-0.2, -0.15) is 0 Å². The van der Waals surface area contributed by atoms with E-state index >= 15 is 0 Å². The van der Waals surface area contributed by atoms with Crippen LogP contribution in [0.25, 0.3) is 0 Å². The fourth-order valence-corrected chi connectivity index (χ4v) is 7.00. The quantitative estimate of drug-likeness (QED) is 0.242. The van der Waals surface area contributed by atoms with Gasteiger partial charge in [0.1, 0.15) is 11.3 Å². The molecule has 7 heteroatoms. The second-order valence-electron chi connectivity index (χ2n) is 11.5. The van der Waals surface area contributed by atoms with Gasteiger partial charge >= 0.3 is 0 Å². The van der Waals surface area contributed by atoms with Crippen LogP contribution in [0.4, 0.5) is 0 Å². The fourth-order valence-electron chi connectivity index (χ4n) is 7.00. The molecule has 190 valence electrons. The number of allylic oxidation sites excluding steroid dienone is 3. The van der Waals surface area contributed by atoms with E-state index in [1.807, 2.05) is 13.8 Å². The van der Waals surface area contributed by atoms with E-state index in [4.69, 9.17) is 15.2 Å². The van der Waals surface area contributed by atoms with Crippen LogP contribution in [0.1, 0.15) is 73.1 Å². The second kappa shape index (κ2) is 9.75. The lowest BCUT2D eigenvalue weighted by Gasteiger charge is -2.53. The Hall–Kier alpha value is -1.70. The van der Waals surface area contributed by atoms with E-state index in [9.17, 15) is 14.7 Å². The number of hydrogen-bond donors (Lipinski definition) is 3. The maximum atomic E-state index is 12.6. The van der Waals surface area contributed by atoms with E-state index in [-0.39, 0.29) is 60.0 Å². The summed E-state index contributed by atoms with van der Waals surface area (Å²) in [7, 11) is 0. The molecule has 1 amide bonds. The predicted octanol–water partition coefficient (Wildman–Crippen LogP) is 3.78. The molecule has 4 aliphatic rings. The highest BCUT2D eigenvalue weighted by Crippen LogP contribution is 2.58. The van der Waals surface area contributed by atoms with Crippen LogP contribution in [0, 0.1) is 29.1 Å². The molecule has 2 aliphatic heterocycles. The maximum Gasteiger partial charge on any atom is 0.258 e. The number of carbonyl (C=O) groups is 2. The number of hydrogen-bond acceptors (Lipinski definition) is 6. The molecule has 0 aromatic carbocycles. The number of aliphatic hydroxyl groups excluding tert-OH is 1. The molecule has 0 aromatic heterocycles. The minimum Gasteiger partial charge on any atom is -0.511 e. The molecule has 0 radical (unpaired) electrons. The first kappa shape index (κ1) is 25.4. The van der Waals surface area contributed by atoms with Gasteiger partial charge in [-0.1, -0.05) is 31.9 Å². The number of ether oxygens (including phenoxy) is 2. The Morgan fingerprint density at radius 3 is 2.68 bits per heavy atom. The Bertz CT molecular complexity index is 864. The van der Waals surface area contributed by atoms with E-state index < -0.39 is 11.3 Å². The van der Waals surface area contributed by atoms with Gasteiger partial charge < -0.3 is 25.6 Å². The molecule has 34 heavy (non-hydrogen) atoms. The van der Waals surface area contributed by atoms with Crippen molar-refractivity contribution in [2.45, 2.75) is 97.7 Å². The van der Waals surface area contributed by atoms with Gasteiger partial charge in [0.05, 0.1) is 18.8 Å². The second-order valence-corrected chi connectivity index (χ2v) is 11.5. The summed E-state index contributed by atoms with van der Waals surface area (Å²) in [5, 5.41) is 14.2. The number of fused-ring (bicyclic) bond motifs is 1. The van der Waals surface area contributed by atoms with Crippen LogP contribution in [0.3, 0.4) is 0 Å². The van der Waals surface area contributed by atoms with E-state index in [1.165, 1.54) is 5.57 Å². The molecular weight excluding hydrogens is 432 g/mol. The van der Waals surface area contributed by atoms with Crippen LogP contribution >= 0.6 is 0 Å². The van der Waals surface area contributed by atoms with Crippen LogP contribution in [0.5, 0.6) is 0 Å². The van der Waals surface area contributed by atoms with Gasteiger partial charge in [0.25, 0.3) is 5.91 Å². The molecule has 4 N–H and O–H groups in total. The van der Waals surface area contributed by atoms with Crippen molar-refractivity contribution in [3.63, 3.8) is 0 Å². The SMILES string of the molecule is CC1=CC2CC(C)CCC2C(C)(C(O)=C2C(=O)CNC2=O)C1CC(C)O[C@H]1CC[C@H](N)C(C)O1. The van der Waals surface area contributed by atoms with Gasteiger partial charge in [0, 0.05) is 11.5 Å². The average molecular weight is 475 g/mol. The van der Waals surface area contributed by atoms with Crippen molar-refractivity contribution in [1.29, 1.82) is 0 Å². The molecule has 3 fully saturated rings. The van der Waals surface area contributed by atoms with E-state index in [0.717, 1.165) is 32.1 Å². The summed E-state index contributed by atoms with van der Waals surface area (Å²) in [5.41, 5.74) is 6.52.